The van der Waals surface area contributed by atoms with E-state index in [1.807, 2.05) is 12.1 Å². The summed E-state index contributed by atoms with van der Waals surface area (Å²) in [6, 6.07) is 14.1. The van der Waals surface area contributed by atoms with Gasteiger partial charge < -0.3 is 10.6 Å². The average molecular weight is 377 g/mol. The van der Waals surface area contributed by atoms with Crippen LogP contribution in [0, 0.1) is 0 Å². The Morgan fingerprint density at radius 2 is 1.36 bits per heavy atom. The zero-order chi connectivity index (χ0) is 17.9. The molecule has 0 saturated heterocycles. The van der Waals surface area contributed by atoms with E-state index in [2.05, 4.69) is 10.6 Å². The van der Waals surface area contributed by atoms with Gasteiger partial charge >= 0.3 is 0 Å². The first-order valence-electron chi connectivity index (χ1n) is 8.09. The number of halogens is 2. The molecule has 0 unspecified atom stereocenters. The highest BCUT2D eigenvalue weighted by molar-refractivity contribution is 6.30. The lowest BCUT2D eigenvalue weighted by molar-refractivity contribution is -0.123. The molecule has 0 bridgehead atoms. The van der Waals surface area contributed by atoms with Crippen molar-refractivity contribution in [3.63, 3.8) is 0 Å². The van der Waals surface area contributed by atoms with Crippen LogP contribution in [-0.2, 0) is 10.2 Å². The fourth-order valence-corrected chi connectivity index (χ4v) is 3.02. The third-order valence-electron chi connectivity index (χ3n) is 4.38. The third kappa shape index (κ3) is 4.14. The molecule has 0 radical (unpaired) electrons. The minimum Gasteiger partial charge on any atom is -0.354 e. The number of benzene rings is 2. The van der Waals surface area contributed by atoms with E-state index in [4.69, 9.17) is 23.2 Å². The predicted octanol–water partition coefficient (Wildman–Crippen LogP) is 3.57. The van der Waals surface area contributed by atoms with Crippen LogP contribution in [0.4, 0.5) is 0 Å². The molecule has 2 amide bonds. The van der Waals surface area contributed by atoms with E-state index in [1.54, 1.807) is 36.4 Å². The van der Waals surface area contributed by atoms with Gasteiger partial charge in [-0.1, -0.05) is 35.3 Å². The molecule has 0 aromatic heterocycles. The molecule has 1 saturated carbocycles. The van der Waals surface area contributed by atoms with Crippen molar-refractivity contribution in [3.8, 4) is 0 Å². The van der Waals surface area contributed by atoms with E-state index in [9.17, 15) is 9.59 Å². The number of hydrogen-bond acceptors (Lipinski definition) is 2. The Kier molecular flexibility index (Phi) is 5.30. The number of carbonyl (C=O) groups excluding carboxylic acids is 2. The lowest BCUT2D eigenvalue weighted by Crippen LogP contribution is -2.39. The largest absolute Gasteiger partial charge is 0.354 e. The molecule has 0 aliphatic heterocycles. The molecule has 2 aromatic rings. The molecule has 2 aromatic carbocycles. The number of amides is 2. The average Bonchev–Trinajstić information content (AvgIpc) is 3.41. The second kappa shape index (κ2) is 7.46. The van der Waals surface area contributed by atoms with Crippen molar-refractivity contribution in [1.29, 1.82) is 0 Å². The number of nitrogens with one attached hydrogen (secondary N) is 2. The van der Waals surface area contributed by atoms with E-state index in [0.717, 1.165) is 18.4 Å². The maximum absolute atomic E-state index is 12.5. The van der Waals surface area contributed by atoms with Gasteiger partial charge in [-0.15, -0.1) is 0 Å². The summed E-state index contributed by atoms with van der Waals surface area (Å²) in [7, 11) is 0. The van der Waals surface area contributed by atoms with Crippen molar-refractivity contribution >= 4 is 35.0 Å². The maximum atomic E-state index is 12.5. The van der Waals surface area contributed by atoms with E-state index < -0.39 is 5.41 Å². The summed E-state index contributed by atoms with van der Waals surface area (Å²) in [5, 5.41) is 6.93. The second-order valence-corrected chi connectivity index (χ2v) is 6.98. The molecule has 0 spiro atoms. The fraction of sp³-hybridized carbons (Fsp3) is 0.263. The molecular weight excluding hydrogens is 359 g/mol. The lowest BCUT2D eigenvalue weighted by atomic mass is 9.95. The van der Waals surface area contributed by atoms with E-state index in [-0.39, 0.29) is 11.8 Å². The van der Waals surface area contributed by atoms with Gasteiger partial charge in [-0.25, -0.2) is 0 Å². The highest BCUT2D eigenvalue weighted by atomic mass is 35.5. The fourth-order valence-electron chi connectivity index (χ4n) is 2.77. The number of carbonyl (C=O) groups is 2. The molecule has 3 rings (SSSR count). The van der Waals surface area contributed by atoms with Crippen LogP contribution in [0.5, 0.6) is 0 Å². The van der Waals surface area contributed by atoms with Crippen LogP contribution in [0.2, 0.25) is 10.0 Å². The third-order valence-corrected chi connectivity index (χ3v) is 4.89. The summed E-state index contributed by atoms with van der Waals surface area (Å²) in [6.07, 6.45) is 1.66. The van der Waals surface area contributed by atoms with Crippen molar-refractivity contribution in [2.45, 2.75) is 18.3 Å². The van der Waals surface area contributed by atoms with Gasteiger partial charge in [0.05, 0.1) is 5.41 Å². The van der Waals surface area contributed by atoms with Crippen LogP contribution >= 0.6 is 23.2 Å². The standard InChI is InChI=1S/C19H18Cl2N2O2/c20-15-5-1-13(2-6-15)17(24)22-11-12-23-18(25)19(9-10-19)14-3-7-16(21)8-4-14/h1-8H,9-12H2,(H,22,24)(H,23,25). The first kappa shape index (κ1) is 17.8. The van der Waals surface area contributed by atoms with Crippen LogP contribution in [0.25, 0.3) is 0 Å². The SMILES string of the molecule is O=C(NCCNC(=O)C1(c2ccc(Cl)cc2)CC1)c1ccc(Cl)cc1. The van der Waals surface area contributed by atoms with Crippen molar-refractivity contribution in [2.75, 3.05) is 13.1 Å². The minimum atomic E-state index is -0.440. The second-order valence-electron chi connectivity index (χ2n) is 6.11. The summed E-state index contributed by atoms with van der Waals surface area (Å²) >= 11 is 11.7. The first-order chi connectivity index (χ1) is 12.0. The predicted molar refractivity (Wildman–Crippen MR) is 99.2 cm³/mol. The molecule has 1 fully saturated rings. The lowest BCUT2D eigenvalue weighted by Gasteiger charge is -2.16. The highest BCUT2D eigenvalue weighted by Gasteiger charge is 2.50. The van der Waals surface area contributed by atoms with Crippen LogP contribution in [0.15, 0.2) is 48.5 Å². The Hall–Kier alpha value is -2.04. The van der Waals surface area contributed by atoms with Gasteiger partial charge in [0.2, 0.25) is 5.91 Å². The molecular formula is C19H18Cl2N2O2. The van der Waals surface area contributed by atoms with E-state index in [0.29, 0.717) is 28.7 Å². The van der Waals surface area contributed by atoms with Gasteiger partial charge in [0.15, 0.2) is 0 Å². The minimum absolute atomic E-state index is 0.00411. The molecule has 2 N–H and O–H groups in total. The Labute approximate surface area is 156 Å². The molecule has 1 aliphatic rings. The first-order valence-corrected chi connectivity index (χ1v) is 8.85. The van der Waals surface area contributed by atoms with Crippen molar-refractivity contribution < 1.29 is 9.59 Å². The molecule has 6 heteroatoms. The topological polar surface area (TPSA) is 58.2 Å². The molecule has 0 heterocycles. The van der Waals surface area contributed by atoms with Crippen molar-refractivity contribution in [3.05, 3.63) is 69.7 Å². The van der Waals surface area contributed by atoms with E-state index in [1.165, 1.54) is 0 Å². The van der Waals surface area contributed by atoms with Crippen molar-refractivity contribution in [2.24, 2.45) is 0 Å². The number of rotatable bonds is 6. The Balaban J connectivity index is 1.47. The van der Waals surface area contributed by atoms with Gasteiger partial charge in [-0.3, -0.25) is 9.59 Å². The summed E-state index contributed by atoms with van der Waals surface area (Å²) in [4.78, 5) is 24.5. The van der Waals surface area contributed by atoms with Crippen LogP contribution in [0.3, 0.4) is 0 Å². The Morgan fingerprint density at radius 1 is 0.840 bits per heavy atom. The van der Waals surface area contributed by atoms with Crippen LogP contribution in [-0.4, -0.2) is 24.9 Å². The van der Waals surface area contributed by atoms with Crippen molar-refractivity contribution in [1.82, 2.24) is 10.6 Å². The summed E-state index contributed by atoms with van der Waals surface area (Å²) in [5.74, 6) is -0.194. The van der Waals surface area contributed by atoms with Gasteiger partial charge in [0.1, 0.15) is 0 Å². The van der Waals surface area contributed by atoms with Crippen LogP contribution < -0.4 is 10.6 Å². The summed E-state index contributed by atoms with van der Waals surface area (Å²) < 4.78 is 0. The molecule has 0 atom stereocenters. The molecule has 1 aliphatic carbocycles. The normalized spacial score (nSPS) is 14.6. The Morgan fingerprint density at radius 3 is 1.92 bits per heavy atom. The zero-order valence-corrected chi connectivity index (χ0v) is 15.0. The monoisotopic (exact) mass is 376 g/mol. The molecule has 25 heavy (non-hydrogen) atoms. The molecule has 4 nitrogen and oxygen atoms in total. The summed E-state index contributed by atoms with van der Waals surface area (Å²) in [5.41, 5.74) is 1.08. The zero-order valence-electron chi connectivity index (χ0n) is 13.5. The van der Waals surface area contributed by atoms with Gasteiger partial charge in [-0.05, 0) is 54.8 Å². The van der Waals surface area contributed by atoms with Gasteiger partial charge in [-0.2, -0.15) is 0 Å². The van der Waals surface area contributed by atoms with E-state index >= 15 is 0 Å². The summed E-state index contributed by atoms with van der Waals surface area (Å²) in [6.45, 7) is 0.747. The highest BCUT2D eigenvalue weighted by Crippen LogP contribution is 2.48. The molecule has 130 valence electrons. The quantitative estimate of drug-likeness (QED) is 0.757. The smallest absolute Gasteiger partial charge is 0.251 e. The van der Waals surface area contributed by atoms with Gasteiger partial charge in [0, 0.05) is 28.7 Å². The Bertz CT molecular complexity index is 769. The number of hydrogen-bond donors (Lipinski definition) is 2. The van der Waals surface area contributed by atoms with Gasteiger partial charge in [0.25, 0.3) is 5.91 Å². The van der Waals surface area contributed by atoms with Crippen LogP contribution in [0.1, 0.15) is 28.8 Å². The maximum Gasteiger partial charge on any atom is 0.251 e.